The van der Waals surface area contributed by atoms with Gasteiger partial charge in [0.05, 0.1) is 5.56 Å². The van der Waals surface area contributed by atoms with E-state index in [4.69, 9.17) is 5.11 Å². The highest BCUT2D eigenvalue weighted by Crippen LogP contribution is 2.28. The summed E-state index contributed by atoms with van der Waals surface area (Å²) < 4.78 is 0. The van der Waals surface area contributed by atoms with Gasteiger partial charge in [0.15, 0.2) is 0 Å². The van der Waals surface area contributed by atoms with Crippen LogP contribution in [-0.2, 0) is 13.1 Å². The smallest absolute Gasteiger partial charge is 0.335 e. The minimum absolute atomic E-state index is 0.334. The predicted octanol–water partition coefficient (Wildman–Crippen LogP) is 2.31. The van der Waals surface area contributed by atoms with Crippen LogP contribution >= 0.6 is 0 Å². The topological polar surface area (TPSA) is 66.3 Å². The predicted molar refractivity (Wildman–Crippen MR) is 74.8 cm³/mol. The zero-order chi connectivity index (χ0) is 14.3. The second kappa shape index (κ2) is 4.59. The van der Waals surface area contributed by atoms with Crippen LogP contribution in [-0.4, -0.2) is 21.0 Å². The molecule has 5 heteroatoms. The summed E-state index contributed by atoms with van der Waals surface area (Å²) in [4.78, 5) is 21.9. The molecular formula is C15H15N3O2. The molecule has 5 nitrogen and oxygen atoms in total. The van der Waals surface area contributed by atoms with Crippen LogP contribution in [0.3, 0.4) is 0 Å². The van der Waals surface area contributed by atoms with E-state index in [9.17, 15) is 4.79 Å². The lowest BCUT2D eigenvalue weighted by Crippen LogP contribution is -2.17. The fourth-order valence-electron chi connectivity index (χ4n) is 2.55. The molecule has 2 aromatic rings. The molecule has 0 saturated carbocycles. The Labute approximate surface area is 116 Å². The van der Waals surface area contributed by atoms with Gasteiger partial charge in [-0.1, -0.05) is 6.07 Å². The minimum atomic E-state index is -0.889. The quantitative estimate of drug-likeness (QED) is 0.906. The van der Waals surface area contributed by atoms with Crippen molar-refractivity contribution in [1.29, 1.82) is 0 Å². The number of aromatic nitrogens is 2. The molecule has 0 radical (unpaired) electrons. The summed E-state index contributed by atoms with van der Waals surface area (Å²) in [5.41, 5.74) is 3.48. The number of benzene rings is 1. The summed E-state index contributed by atoms with van der Waals surface area (Å²) in [5.74, 6) is 0.755. The molecule has 0 unspecified atom stereocenters. The Balaban J connectivity index is 1.91. The van der Waals surface area contributed by atoms with Crippen LogP contribution < -0.4 is 4.90 Å². The molecule has 0 amide bonds. The van der Waals surface area contributed by atoms with Crippen molar-refractivity contribution in [2.75, 3.05) is 4.90 Å². The number of hydrogen-bond donors (Lipinski definition) is 1. The first-order chi connectivity index (χ1) is 9.52. The van der Waals surface area contributed by atoms with E-state index in [1.54, 1.807) is 12.1 Å². The number of carboxylic acids is 1. The molecule has 0 aliphatic carbocycles. The van der Waals surface area contributed by atoms with Crippen molar-refractivity contribution in [2.45, 2.75) is 26.9 Å². The summed E-state index contributed by atoms with van der Waals surface area (Å²) in [7, 11) is 0. The van der Waals surface area contributed by atoms with E-state index in [1.165, 1.54) is 0 Å². The van der Waals surface area contributed by atoms with Crippen molar-refractivity contribution in [2.24, 2.45) is 0 Å². The Kier molecular flexibility index (Phi) is 2.89. The van der Waals surface area contributed by atoms with E-state index in [1.807, 2.05) is 26.0 Å². The lowest BCUT2D eigenvalue weighted by Gasteiger charge is -2.17. The molecule has 1 aliphatic heterocycles. The van der Waals surface area contributed by atoms with Gasteiger partial charge in [0, 0.05) is 24.8 Å². The van der Waals surface area contributed by atoms with E-state index in [2.05, 4.69) is 14.9 Å². The van der Waals surface area contributed by atoms with Crippen molar-refractivity contribution in [1.82, 2.24) is 9.97 Å². The Morgan fingerprint density at radius 2 is 1.90 bits per heavy atom. The highest BCUT2D eigenvalue weighted by atomic mass is 16.4. The number of carboxylic acid groups (broad SMARTS) is 1. The van der Waals surface area contributed by atoms with Gasteiger partial charge in [0.1, 0.15) is 11.6 Å². The maximum Gasteiger partial charge on any atom is 0.335 e. The van der Waals surface area contributed by atoms with Gasteiger partial charge in [0.25, 0.3) is 0 Å². The standard InChI is InChI=1S/C15H15N3O2/c1-9-5-14(17-10(2)16-9)18-7-12-4-3-11(15(19)20)6-13(12)8-18/h3-6H,7-8H2,1-2H3,(H,19,20). The summed E-state index contributed by atoms with van der Waals surface area (Å²) in [6, 6.07) is 7.25. The van der Waals surface area contributed by atoms with Crippen LogP contribution in [0.15, 0.2) is 24.3 Å². The molecule has 1 aliphatic rings. The number of hydrogen-bond acceptors (Lipinski definition) is 4. The number of aryl methyl sites for hydroxylation is 2. The average Bonchev–Trinajstić information content (AvgIpc) is 2.80. The van der Waals surface area contributed by atoms with Gasteiger partial charge in [-0.15, -0.1) is 0 Å². The number of anilines is 1. The molecule has 0 atom stereocenters. The third kappa shape index (κ3) is 2.22. The first kappa shape index (κ1) is 12.6. The zero-order valence-corrected chi connectivity index (χ0v) is 11.4. The minimum Gasteiger partial charge on any atom is -0.478 e. The summed E-state index contributed by atoms with van der Waals surface area (Å²) in [6.45, 7) is 5.27. The molecule has 1 aromatic heterocycles. The van der Waals surface area contributed by atoms with Crippen LogP contribution in [0.2, 0.25) is 0 Å². The van der Waals surface area contributed by atoms with E-state index in [0.29, 0.717) is 12.1 Å². The van der Waals surface area contributed by atoms with Crippen LogP contribution in [0.25, 0.3) is 0 Å². The lowest BCUT2D eigenvalue weighted by atomic mass is 10.1. The molecule has 0 fully saturated rings. The molecule has 20 heavy (non-hydrogen) atoms. The zero-order valence-electron chi connectivity index (χ0n) is 11.4. The van der Waals surface area contributed by atoms with E-state index in [-0.39, 0.29) is 0 Å². The Morgan fingerprint density at radius 1 is 1.15 bits per heavy atom. The number of rotatable bonds is 2. The number of carbonyl (C=O) groups is 1. The third-order valence-corrected chi connectivity index (χ3v) is 3.45. The van der Waals surface area contributed by atoms with Crippen molar-refractivity contribution in [3.05, 3.63) is 52.5 Å². The van der Waals surface area contributed by atoms with Gasteiger partial charge in [-0.3, -0.25) is 0 Å². The molecule has 0 saturated heterocycles. The van der Waals surface area contributed by atoms with E-state index >= 15 is 0 Å². The normalized spacial score (nSPS) is 13.4. The second-order valence-corrected chi connectivity index (χ2v) is 5.06. The van der Waals surface area contributed by atoms with Crippen LogP contribution in [0.4, 0.5) is 5.82 Å². The number of aromatic carboxylic acids is 1. The Morgan fingerprint density at radius 3 is 2.60 bits per heavy atom. The van der Waals surface area contributed by atoms with Crippen molar-refractivity contribution >= 4 is 11.8 Å². The summed E-state index contributed by atoms with van der Waals surface area (Å²) in [6.07, 6.45) is 0. The van der Waals surface area contributed by atoms with Crippen molar-refractivity contribution in [3.63, 3.8) is 0 Å². The first-order valence-corrected chi connectivity index (χ1v) is 6.45. The molecule has 0 bridgehead atoms. The molecular weight excluding hydrogens is 254 g/mol. The van der Waals surface area contributed by atoms with Gasteiger partial charge in [0.2, 0.25) is 0 Å². The third-order valence-electron chi connectivity index (χ3n) is 3.45. The van der Waals surface area contributed by atoms with Gasteiger partial charge >= 0.3 is 5.97 Å². The highest BCUT2D eigenvalue weighted by Gasteiger charge is 2.21. The van der Waals surface area contributed by atoms with Gasteiger partial charge in [-0.05, 0) is 37.1 Å². The first-order valence-electron chi connectivity index (χ1n) is 6.45. The lowest BCUT2D eigenvalue weighted by molar-refractivity contribution is 0.0697. The maximum atomic E-state index is 11.0. The number of nitrogens with zero attached hydrogens (tertiary/aromatic N) is 3. The van der Waals surface area contributed by atoms with Crippen LogP contribution in [0.1, 0.15) is 33.0 Å². The molecule has 1 aromatic carbocycles. The van der Waals surface area contributed by atoms with Gasteiger partial charge in [-0.2, -0.15) is 0 Å². The second-order valence-electron chi connectivity index (χ2n) is 5.06. The molecule has 102 valence electrons. The van der Waals surface area contributed by atoms with E-state index in [0.717, 1.165) is 35.0 Å². The molecule has 0 spiro atoms. The van der Waals surface area contributed by atoms with Crippen molar-refractivity contribution in [3.8, 4) is 0 Å². The SMILES string of the molecule is Cc1cc(N2Cc3ccc(C(=O)O)cc3C2)nc(C)n1. The monoisotopic (exact) mass is 269 g/mol. The van der Waals surface area contributed by atoms with Crippen LogP contribution in [0.5, 0.6) is 0 Å². The number of fused-ring (bicyclic) bond motifs is 1. The Bertz CT molecular complexity index is 677. The molecule has 1 N–H and O–H groups in total. The molecule has 2 heterocycles. The fourth-order valence-corrected chi connectivity index (χ4v) is 2.55. The highest BCUT2D eigenvalue weighted by molar-refractivity contribution is 5.88. The average molecular weight is 269 g/mol. The summed E-state index contributed by atoms with van der Waals surface area (Å²) in [5, 5.41) is 9.04. The van der Waals surface area contributed by atoms with Crippen molar-refractivity contribution < 1.29 is 9.90 Å². The molecule has 3 rings (SSSR count). The largest absolute Gasteiger partial charge is 0.478 e. The van der Waals surface area contributed by atoms with E-state index < -0.39 is 5.97 Å². The van der Waals surface area contributed by atoms with Crippen LogP contribution in [0, 0.1) is 13.8 Å². The maximum absolute atomic E-state index is 11.0. The summed E-state index contributed by atoms with van der Waals surface area (Å²) >= 11 is 0. The Hall–Kier alpha value is -2.43. The van der Waals surface area contributed by atoms with Gasteiger partial charge < -0.3 is 10.0 Å². The van der Waals surface area contributed by atoms with Gasteiger partial charge in [-0.25, -0.2) is 14.8 Å². The fraction of sp³-hybridized carbons (Fsp3) is 0.267.